The maximum absolute atomic E-state index is 12.9. The Morgan fingerprint density at radius 3 is 2.64 bits per heavy atom. The van der Waals surface area contributed by atoms with Gasteiger partial charge in [0, 0.05) is 6.54 Å². The van der Waals surface area contributed by atoms with Crippen LogP contribution in [0.1, 0.15) is 30.4 Å². The molecule has 0 N–H and O–H groups in total. The molecule has 0 aliphatic carbocycles. The first-order chi connectivity index (χ1) is 11.9. The summed E-state index contributed by atoms with van der Waals surface area (Å²) in [6.07, 6.45) is 1.75. The summed E-state index contributed by atoms with van der Waals surface area (Å²) in [4.78, 5) is 40.5. The molecule has 1 aromatic rings. The lowest BCUT2D eigenvalue weighted by Gasteiger charge is -2.34. The van der Waals surface area contributed by atoms with E-state index in [1.165, 1.54) is 12.0 Å². The Morgan fingerprint density at radius 1 is 1.20 bits per heavy atom. The van der Waals surface area contributed by atoms with Crippen LogP contribution < -0.4 is 4.90 Å². The van der Waals surface area contributed by atoms with E-state index in [-0.39, 0.29) is 30.1 Å². The smallest absolute Gasteiger partial charge is 0.309 e. The Bertz CT molecular complexity index is 715. The van der Waals surface area contributed by atoms with Crippen LogP contribution in [0.25, 0.3) is 0 Å². The summed E-state index contributed by atoms with van der Waals surface area (Å²) in [5, 5.41) is 0. The number of imide groups is 1. The van der Waals surface area contributed by atoms with Gasteiger partial charge in [0.25, 0.3) is 5.91 Å². The molecule has 2 atom stereocenters. The Labute approximate surface area is 147 Å². The van der Waals surface area contributed by atoms with Crippen LogP contribution in [-0.2, 0) is 19.1 Å². The lowest BCUT2D eigenvalue weighted by molar-refractivity contribution is -0.148. The molecular weight excluding hydrogens is 320 g/mol. The maximum atomic E-state index is 12.9. The van der Waals surface area contributed by atoms with Gasteiger partial charge in [-0.3, -0.25) is 19.3 Å². The molecule has 0 spiro atoms. The van der Waals surface area contributed by atoms with Crippen molar-refractivity contribution in [1.29, 1.82) is 0 Å². The number of rotatable bonds is 3. The minimum absolute atomic E-state index is 0.166. The van der Waals surface area contributed by atoms with Gasteiger partial charge in [-0.15, -0.1) is 0 Å². The van der Waals surface area contributed by atoms with Crippen molar-refractivity contribution in [1.82, 2.24) is 4.90 Å². The lowest BCUT2D eigenvalue weighted by Crippen LogP contribution is -2.48. The van der Waals surface area contributed by atoms with Crippen molar-refractivity contribution in [3.05, 3.63) is 29.3 Å². The molecule has 2 amide bonds. The number of amides is 2. The number of aryl methyl sites for hydroxylation is 2. The first kappa shape index (κ1) is 17.6. The third kappa shape index (κ3) is 3.31. The van der Waals surface area contributed by atoms with E-state index in [4.69, 9.17) is 4.74 Å². The number of carbonyl (C=O) groups excluding carboxylic acids is 3. The van der Waals surface area contributed by atoms with Crippen molar-refractivity contribution < 1.29 is 19.1 Å². The van der Waals surface area contributed by atoms with Gasteiger partial charge in [-0.05, 0) is 56.5 Å². The van der Waals surface area contributed by atoms with Crippen LogP contribution in [-0.4, -0.2) is 48.9 Å². The van der Waals surface area contributed by atoms with Crippen LogP contribution in [0.5, 0.6) is 0 Å². The largest absolute Gasteiger partial charge is 0.469 e. The molecule has 0 radical (unpaired) electrons. The van der Waals surface area contributed by atoms with Gasteiger partial charge in [0.15, 0.2) is 0 Å². The summed E-state index contributed by atoms with van der Waals surface area (Å²) in [6.45, 7) is 5.15. The molecule has 6 heteroatoms. The zero-order valence-electron chi connectivity index (χ0n) is 14.9. The molecule has 2 aliphatic rings. The number of nitrogens with zero attached hydrogens (tertiary/aromatic N) is 2. The number of ether oxygens (including phenoxy) is 1. The molecule has 2 fully saturated rings. The fraction of sp³-hybridized carbons (Fsp3) is 0.526. The maximum Gasteiger partial charge on any atom is 0.309 e. The van der Waals surface area contributed by atoms with E-state index in [2.05, 4.69) is 0 Å². The van der Waals surface area contributed by atoms with Gasteiger partial charge >= 0.3 is 5.97 Å². The summed E-state index contributed by atoms with van der Waals surface area (Å²) >= 11 is 0. The van der Waals surface area contributed by atoms with E-state index in [1.54, 1.807) is 0 Å². The van der Waals surface area contributed by atoms with E-state index < -0.39 is 6.04 Å². The van der Waals surface area contributed by atoms with Crippen LogP contribution in [0.2, 0.25) is 0 Å². The second kappa shape index (κ2) is 6.96. The van der Waals surface area contributed by atoms with Crippen LogP contribution in [0, 0.1) is 19.8 Å². The molecule has 0 bridgehead atoms. The Morgan fingerprint density at radius 2 is 1.96 bits per heavy atom. The predicted molar refractivity (Wildman–Crippen MR) is 93.1 cm³/mol. The van der Waals surface area contributed by atoms with Crippen LogP contribution in [0.4, 0.5) is 5.69 Å². The number of benzene rings is 1. The standard InChI is InChI=1S/C19H24N2O4/c1-12-6-7-15(9-13(12)2)21-17(22)10-16(18(21)23)20-8-4-5-14(11-20)19(24)25-3/h6-7,9,14,16H,4-5,8,10-11H2,1-3H3. The van der Waals surface area contributed by atoms with Crippen molar-refractivity contribution >= 4 is 23.5 Å². The average Bonchev–Trinajstić information content (AvgIpc) is 2.91. The predicted octanol–water partition coefficient (Wildman–Crippen LogP) is 1.82. The van der Waals surface area contributed by atoms with Gasteiger partial charge in [0.05, 0.1) is 31.2 Å². The molecule has 134 valence electrons. The minimum atomic E-state index is -0.485. The molecule has 2 saturated heterocycles. The highest BCUT2D eigenvalue weighted by Gasteiger charge is 2.44. The van der Waals surface area contributed by atoms with E-state index in [0.717, 1.165) is 30.5 Å². The van der Waals surface area contributed by atoms with E-state index in [9.17, 15) is 14.4 Å². The fourth-order valence-corrected chi connectivity index (χ4v) is 3.69. The zero-order chi connectivity index (χ0) is 18.1. The van der Waals surface area contributed by atoms with Gasteiger partial charge < -0.3 is 4.74 Å². The first-order valence-electron chi connectivity index (χ1n) is 8.68. The van der Waals surface area contributed by atoms with Crippen molar-refractivity contribution in [3.63, 3.8) is 0 Å². The minimum Gasteiger partial charge on any atom is -0.469 e. The van der Waals surface area contributed by atoms with Gasteiger partial charge in [0.2, 0.25) is 5.91 Å². The number of likely N-dealkylation sites (tertiary alicyclic amines) is 1. The molecule has 2 unspecified atom stereocenters. The lowest BCUT2D eigenvalue weighted by atomic mass is 9.96. The normalized spacial score (nSPS) is 24.7. The Hall–Kier alpha value is -2.21. The van der Waals surface area contributed by atoms with E-state index in [1.807, 2.05) is 36.9 Å². The zero-order valence-corrected chi connectivity index (χ0v) is 14.9. The molecule has 6 nitrogen and oxygen atoms in total. The molecule has 0 saturated carbocycles. The second-order valence-corrected chi connectivity index (χ2v) is 6.91. The van der Waals surface area contributed by atoms with Gasteiger partial charge in [-0.2, -0.15) is 0 Å². The third-order valence-corrected chi connectivity index (χ3v) is 5.30. The molecule has 2 aliphatic heterocycles. The topological polar surface area (TPSA) is 66.9 Å². The molecule has 0 aromatic heterocycles. The monoisotopic (exact) mass is 344 g/mol. The van der Waals surface area contributed by atoms with Crippen molar-refractivity contribution in [3.8, 4) is 0 Å². The van der Waals surface area contributed by atoms with Crippen LogP contribution in [0.3, 0.4) is 0 Å². The summed E-state index contributed by atoms with van der Waals surface area (Å²) in [7, 11) is 1.38. The van der Waals surface area contributed by atoms with Crippen molar-refractivity contribution in [2.75, 3.05) is 25.1 Å². The number of esters is 1. The number of methoxy groups -OCH3 is 1. The quantitative estimate of drug-likeness (QED) is 0.618. The number of anilines is 1. The van der Waals surface area contributed by atoms with Crippen LogP contribution in [0.15, 0.2) is 18.2 Å². The molecule has 3 rings (SSSR count). The molecule has 1 aromatic carbocycles. The molecule has 25 heavy (non-hydrogen) atoms. The van der Waals surface area contributed by atoms with E-state index in [0.29, 0.717) is 12.2 Å². The van der Waals surface area contributed by atoms with Gasteiger partial charge in [0.1, 0.15) is 0 Å². The first-order valence-corrected chi connectivity index (χ1v) is 8.68. The average molecular weight is 344 g/mol. The SMILES string of the molecule is COC(=O)C1CCCN(C2CC(=O)N(c3ccc(C)c(C)c3)C2=O)C1. The third-order valence-electron chi connectivity index (χ3n) is 5.30. The van der Waals surface area contributed by atoms with Gasteiger partial charge in [-0.25, -0.2) is 4.90 Å². The van der Waals surface area contributed by atoms with Crippen molar-refractivity contribution in [2.24, 2.45) is 5.92 Å². The second-order valence-electron chi connectivity index (χ2n) is 6.91. The van der Waals surface area contributed by atoms with Crippen molar-refractivity contribution in [2.45, 2.75) is 39.2 Å². The Balaban J connectivity index is 1.79. The van der Waals surface area contributed by atoms with E-state index >= 15 is 0 Å². The fourth-order valence-electron chi connectivity index (χ4n) is 3.69. The number of hydrogen-bond acceptors (Lipinski definition) is 5. The Kier molecular flexibility index (Phi) is 4.90. The highest BCUT2D eigenvalue weighted by atomic mass is 16.5. The van der Waals surface area contributed by atoms with Gasteiger partial charge in [-0.1, -0.05) is 6.07 Å². The number of piperidine rings is 1. The summed E-state index contributed by atoms with van der Waals surface area (Å²) in [6, 6.07) is 5.13. The molecule has 2 heterocycles. The highest BCUT2D eigenvalue weighted by molar-refractivity contribution is 6.22. The summed E-state index contributed by atoms with van der Waals surface area (Å²) in [5.41, 5.74) is 2.80. The number of hydrogen-bond donors (Lipinski definition) is 0. The highest BCUT2D eigenvalue weighted by Crippen LogP contribution is 2.29. The summed E-state index contributed by atoms with van der Waals surface area (Å²) in [5.74, 6) is -0.845. The van der Waals surface area contributed by atoms with Crippen LogP contribution >= 0.6 is 0 Å². The molecular formula is C19H24N2O4. The summed E-state index contributed by atoms with van der Waals surface area (Å²) < 4.78 is 4.84. The number of carbonyl (C=O) groups is 3.